The third-order valence-corrected chi connectivity index (χ3v) is 6.78. The Kier molecular flexibility index (Phi) is 29.5. The zero-order chi connectivity index (χ0) is 40.6. The van der Waals surface area contributed by atoms with E-state index in [0.29, 0.717) is 31.8 Å². The highest BCUT2D eigenvalue weighted by Crippen LogP contribution is 2.30. The molecule has 0 unspecified atom stereocenters. The van der Waals surface area contributed by atoms with E-state index in [1.54, 1.807) is 23.7 Å². The molecule has 5 aromatic rings. The number of hydrogen-bond acceptors (Lipinski definition) is 7. The smallest absolute Gasteiger partial charge is 0.231 e. The van der Waals surface area contributed by atoms with Gasteiger partial charge in [-0.1, -0.05) is 151 Å². The van der Waals surface area contributed by atoms with Gasteiger partial charge in [-0.05, 0) is 65.6 Å². The van der Waals surface area contributed by atoms with Crippen LogP contribution in [0.2, 0.25) is 0 Å². The van der Waals surface area contributed by atoms with Gasteiger partial charge in [0.1, 0.15) is 13.2 Å². The molecule has 0 atom stereocenters. The maximum absolute atomic E-state index is 5.30. The van der Waals surface area contributed by atoms with Crippen LogP contribution in [-0.4, -0.2) is 30.0 Å². The molecule has 0 spiro atoms. The van der Waals surface area contributed by atoms with Gasteiger partial charge in [0.25, 0.3) is 0 Å². The van der Waals surface area contributed by atoms with E-state index in [1.807, 2.05) is 84.4 Å². The molecular formula is C47H70N2O4S. The van der Waals surface area contributed by atoms with E-state index in [0.717, 1.165) is 40.8 Å². The van der Waals surface area contributed by atoms with Crippen LogP contribution < -0.4 is 18.9 Å². The molecule has 0 radical (unpaired) electrons. The van der Waals surface area contributed by atoms with Crippen LogP contribution in [0.25, 0.3) is 0 Å². The van der Waals surface area contributed by atoms with Gasteiger partial charge < -0.3 is 18.9 Å². The van der Waals surface area contributed by atoms with E-state index in [-0.39, 0.29) is 0 Å². The van der Waals surface area contributed by atoms with Crippen molar-refractivity contribution in [3.8, 4) is 23.0 Å². The molecule has 3 aromatic carbocycles. The average molecular weight is 759 g/mol. The standard InChI is InChI=1S/C9H12.C8H8O2.C7H6O2.C6H9NS.C5H5N.3C4H10/c1-8(2)9-6-4-3-5-7-9;1-2-4-8-7(3-1)9-5-6-10-8;1-2-4-7-6(3-1)8-5-9-7;1-5(2)6-7-3-4-8-6;1-2-4-6-5-3-1;3*1-4(2)3/h3-8H,1-2H3;1-4H,5-6H2;1-4H,5H2;3-5H,1-2H3;1-5H;3*4H,1-3H3. The van der Waals surface area contributed by atoms with Crippen molar-refractivity contribution in [3.05, 3.63) is 132 Å². The van der Waals surface area contributed by atoms with Crippen LogP contribution in [0.3, 0.4) is 0 Å². The molecule has 6 nitrogen and oxygen atoms in total. The highest BCUT2D eigenvalue weighted by Gasteiger charge is 2.10. The van der Waals surface area contributed by atoms with E-state index >= 15 is 0 Å². The predicted molar refractivity (Wildman–Crippen MR) is 233 cm³/mol. The van der Waals surface area contributed by atoms with Gasteiger partial charge in [-0.25, -0.2) is 4.98 Å². The molecule has 0 amide bonds. The second kappa shape index (κ2) is 32.1. The number of aromatic nitrogens is 2. The number of hydrogen-bond donors (Lipinski definition) is 0. The Labute approximate surface area is 333 Å². The van der Waals surface area contributed by atoms with Crippen molar-refractivity contribution in [1.29, 1.82) is 0 Å². The summed E-state index contributed by atoms with van der Waals surface area (Å²) in [6.45, 7) is 29.9. The van der Waals surface area contributed by atoms with Gasteiger partial charge in [-0.15, -0.1) is 11.3 Å². The molecular weight excluding hydrogens is 689 g/mol. The van der Waals surface area contributed by atoms with Crippen LogP contribution in [0, 0.1) is 17.8 Å². The van der Waals surface area contributed by atoms with Crippen molar-refractivity contribution in [2.24, 2.45) is 17.8 Å². The van der Waals surface area contributed by atoms with Crippen LogP contribution >= 0.6 is 11.3 Å². The van der Waals surface area contributed by atoms with Crippen LogP contribution in [0.15, 0.2) is 121 Å². The first kappa shape index (κ1) is 49.6. The van der Waals surface area contributed by atoms with Gasteiger partial charge in [0.15, 0.2) is 23.0 Å². The van der Waals surface area contributed by atoms with E-state index in [2.05, 4.69) is 124 Å². The quantitative estimate of drug-likeness (QED) is 0.179. The molecule has 298 valence electrons. The molecule has 0 N–H and O–H groups in total. The Morgan fingerprint density at radius 1 is 0.444 bits per heavy atom. The number of thiazole rings is 1. The molecule has 0 saturated heterocycles. The summed E-state index contributed by atoms with van der Waals surface area (Å²) in [5.74, 6) is 7.15. The number of rotatable bonds is 2. The van der Waals surface area contributed by atoms with Crippen LogP contribution in [-0.2, 0) is 0 Å². The Bertz CT molecular complexity index is 1410. The molecule has 0 saturated carbocycles. The molecule has 7 rings (SSSR count). The number of para-hydroxylation sites is 4. The average Bonchev–Trinajstić information content (AvgIpc) is 3.87. The Morgan fingerprint density at radius 3 is 1.07 bits per heavy atom. The summed E-state index contributed by atoms with van der Waals surface area (Å²) < 4.78 is 20.7. The van der Waals surface area contributed by atoms with Gasteiger partial charge in [-0.3, -0.25) is 4.98 Å². The highest BCUT2D eigenvalue weighted by molar-refractivity contribution is 7.09. The maximum Gasteiger partial charge on any atom is 0.231 e. The summed E-state index contributed by atoms with van der Waals surface area (Å²) in [5.41, 5.74) is 1.41. The first-order valence-corrected chi connectivity index (χ1v) is 20.1. The fraction of sp³-hybridized carbons (Fsp3) is 0.447. The molecule has 2 aromatic heterocycles. The number of fused-ring (bicyclic) bond motifs is 2. The van der Waals surface area contributed by atoms with Crippen molar-refractivity contribution < 1.29 is 18.9 Å². The van der Waals surface area contributed by atoms with Crippen molar-refractivity contribution in [2.75, 3.05) is 20.0 Å². The van der Waals surface area contributed by atoms with E-state index < -0.39 is 0 Å². The molecule has 0 aliphatic carbocycles. The van der Waals surface area contributed by atoms with Gasteiger partial charge in [0.2, 0.25) is 6.79 Å². The SMILES string of the molecule is CC(C)C.CC(C)C.CC(C)C.CC(C)c1ccccc1.CC(C)c1nccs1.c1ccc2c(c1)OCCO2.c1ccc2c(c1)OCO2.c1ccncc1. The van der Waals surface area contributed by atoms with Crippen LogP contribution in [0.1, 0.15) is 112 Å². The molecule has 0 fully saturated rings. The summed E-state index contributed by atoms with van der Waals surface area (Å²) >= 11 is 1.72. The predicted octanol–water partition coefficient (Wildman–Crippen LogP) is 14.0. The summed E-state index contributed by atoms with van der Waals surface area (Å²) in [6, 6.07) is 31.6. The monoisotopic (exact) mass is 759 g/mol. The lowest BCUT2D eigenvalue weighted by atomic mass is 10.0. The van der Waals surface area contributed by atoms with E-state index in [1.165, 1.54) is 10.6 Å². The second-order valence-electron chi connectivity index (χ2n) is 14.8. The highest BCUT2D eigenvalue weighted by atomic mass is 32.1. The minimum absolute atomic E-state index is 0.360. The maximum atomic E-state index is 5.30. The van der Waals surface area contributed by atoms with E-state index in [4.69, 9.17) is 18.9 Å². The van der Waals surface area contributed by atoms with Gasteiger partial charge in [0, 0.05) is 29.9 Å². The molecule has 4 heterocycles. The van der Waals surface area contributed by atoms with Gasteiger partial charge in [0.05, 0.1) is 5.01 Å². The number of ether oxygens (including phenoxy) is 4. The lowest BCUT2D eigenvalue weighted by Gasteiger charge is -2.17. The lowest BCUT2D eigenvalue weighted by Crippen LogP contribution is -2.14. The number of nitrogens with zero attached hydrogens (tertiary/aromatic N) is 2. The summed E-state index contributed by atoms with van der Waals surface area (Å²) in [6.07, 6.45) is 5.35. The molecule has 0 bridgehead atoms. The van der Waals surface area contributed by atoms with Gasteiger partial charge in [-0.2, -0.15) is 0 Å². The summed E-state index contributed by atoms with van der Waals surface area (Å²) in [4.78, 5) is 7.92. The van der Waals surface area contributed by atoms with Crippen molar-refractivity contribution in [2.45, 2.75) is 102 Å². The molecule has 2 aliphatic rings. The Balaban J connectivity index is 0.000000610. The zero-order valence-electron chi connectivity index (χ0n) is 35.5. The molecule has 2 aliphatic heterocycles. The minimum atomic E-state index is 0.360. The second-order valence-corrected chi connectivity index (χ2v) is 15.7. The van der Waals surface area contributed by atoms with Crippen molar-refractivity contribution in [3.63, 3.8) is 0 Å². The first-order chi connectivity index (χ1) is 25.7. The fourth-order valence-electron chi connectivity index (χ4n) is 3.51. The third-order valence-electron chi connectivity index (χ3n) is 5.70. The molecule has 7 heteroatoms. The lowest BCUT2D eigenvalue weighted by molar-refractivity contribution is 0.171. The van der Waals surface area contributed by atoms with Crippen LogP contribution in [0.5, 0.6) is 23.0 Å². The van der Waals surface area contributed by atoms with E-state index in [9.17, 15) is 0 Å². The topological polar surface area (TPSA) is 62.7 Å². The van der Waals surface area contributed by atoms with Gasteiger partial charge >= 0.3 is 0 Å². The third kappa shape index (κ3) is 29.1. The Morgan fingerprint density at radius 2 is 0.815 bits per heavy atom. The zero-order valence-corrected chi connectivity index (χ0v) is 36.3. The summed E-state index contributed by atoms with van der Waals surface area (Å²) in [5, 5.41) is 3.24. The van der Waals surface area contributed by atoms with Crippen molar-refractivity contribution >= 4 is 11.3 Å². The minimum Gasteiger partial charge on any atom is -0.486 e. The first-order valence-electron chi connectivity index (χ1n) is 19.2. The Hall–Kier alpha value is -4.36. The van der Waals surface area contributed by atoms with Crippen molar-refractivity contribution in [1.82, 2.24) is 9.97 Å². The summed E-state index contributed by atoms with van der Waals surface area (Å²) in [7, 11) is 0. The number of pyridine rings is 1. The largest absolute Gasteiger partial charge is 0.486 e. The fourth-order valence-corrected chi connectivity index (χ4v) is 4.16. The number of benzene rings is 3. The normalized spacial score (nSPS) is 11.1. The molecule has 54 heavy (non-hydrogen) atoms. The van der Waals surface area contributed by atoms with Crippen LogP contribution in [0.4, 0.5) is 0 Å².